The van der Waals surface area contributed by atoms with E-state index in [4.69, 9.17) is 0 Å². The third-order valence-corrected chi connectivity index (χ3v) is 3.28. The summed E-state index contributed by atoms with van der Waals surface area (Å²) in [5.41, 5.74) is 4.15. The van der Waals surface area contributed by atoms with Crippen LogP contribution in [0.2, 0.25) is 0 Å². The number of carbonyl (C=O) groups is 2. The van der Waals surface area contributed by atoms with Crippen LogP contribution in [0.4, 0.5) is 5.69 Å². The first-order valence-corrected chi connectivity index (χ1v) is 6.41. The SMILES string of the molecule is CC(=O)c1ccc(-c2cc(N(C)C)ccc2C=O)cc1. The van der Waals surface area contributed by atoms with Gasteiger partial charge in [-0.3, -0.25) is 9.59 Å². The van der Waals surface area contributed by atoms with Crippen molar-refractivity contribution in [3.8, 4) is 11.1 Å². The van der Waals surface area contributed by atoms with Crippen LogP contribution in [0.15, 0.2) is 42.5 Å². The Morgan fingerprint density at radius 2 is 1.70 bits per heavy atom. The van der Waals surface area contributed by atoms with E-state index in [0.29, 0.717) is 11.1 Å². The summed E-state index contributed by atoms with van der Waals surface area (Å²) in [5.74, 6) is 0.0363. The van der Waals surface area contributed by atoms with Gasteiger partial charge in [0.25, 0.3) is 0 Å². The largest absolute Gasteiger partial charge is 0.378 e. The van der Waals surface area contributed by atoms with Crippen LogP contribution in [0, 0.1) is 0 Å². The Bertz CT molecular complexity index is 643. The molecule has 0 aliphatic heterocycles. The Morgan fingerprint density at radius 1 is 1.05 bits per heavy atom. The molecule has 0 fully saturated rings. The molecule has 0 saturated carbocycles. The van der Waals surface area contributed by atoms with E-state index in [-0.39, 0.29) is 5.78 Å². The molecule has 102 valence electrons. The van der Waals surface area contributed by atoms with Crippen molar-refractivity contribution in [2.45, 2.75) is 6.92 Å². The van der Waals surface area contributed by atoms with Gasteiger partial charge in [-0.25, -0.2) is 0 Å². The molecule has 0 saturated heterocycles. The summed E-state index contributed by atoms with van der Waals surface area (Å²) in [6.45, 7) is 1.54. The minimum atomic E-state index is 0.0363. The van der Waals surface area contributed by atoms with E-state index < -0.39 is 0 Å². The zero-order chi connectivity index (χ0) is 14.7. The first-order valence-electron chi connectivity index (χ1n) is 6.41. The van der Waals surface area contributed by atoms with E-state index in [1.54, 1.807) is 19.1 Å². The number of benzene rings is 2. The van der Waals surface area contributed by atoms with Crippen LogP contribution in [-0.2, 0) is 0 Å². The first kappa shape index (κ1) is 14.0. The second kappa shape index (κ2) is 5.70. The number of aldehydes is 1. The van der Waals surface area contributed by atoms with Crippen LogP contribution in [0.1, 0.15) is 27.6 Å². The number of Topliss-reactive ketones (excluding diaryl/α,β-unsaturated/α-hetero) is 1. The molecule has 2 aromatic rings. The molecule has 0 amide bonds. The lowest BCUT2D eigenvalue weighted by Crippen LogP contribution is -2.08. The van der Waals surface area contributed by atoms with Gasteiger partial charge < -0.3 is 4.90 Å². The molecular formula is C17H17NO2. The molecule has 3 heteroatoms. The van der Waals surface area contributed by atoms with Crippen molar-refractivity contribution in [2.24, 2.45) is 0 Å². The summed E-state index contributed by atoms with van der Waals surface area (Å²) < 4.78 is 0. The van der Waals surface area contributed by atoms with Crippen LogP contribution >= 0.6 is 0 Å². The third-order valence-electron chi connectivity index (χ3n) is 3.28. The lowest BCUT2D eigenvalue weighted by Gasteiger charge is -2.15. The normalized spacial score (nSPS) is 10.2. The van der Waals surface area contributed by atoms with Crippen molar-refractivity contribution < 1.29 is 9.59 Å². The smallest absolute Gasteiger partial charge is 0.159 e. The fourth-order valence-corrected chi connectivity index (χ4v) is 2.06. The van der Waals surface area contributed by atoms with Crippen molar-refractivity contribution in [1.29, 1.82) is 0 Å². The summed E-state index contributed by atoms with van der Waals surface area (Å²) in [5, 5.41) is 0. The van der Waals surface area contributed by atoms with Crippen LogP contribution in [0.3, 0.4) is 0 Å². The van der Waals surface area contributed by atoms with Crippen LogP contribution in [0.25, 0.3) is 11.1 Å². The minimum absolute atomic E-state index is 0.0363. The van der Waals surface area contributed by atoms with E-state index in [9.17, 15) is 9.59 Å². The summed E-state index contributed by atoms with van der Waals surface area (Å²) in [6.07, 6.45) is 0.855. The van der Waals surface area contributed by atoms with Crippen LogP contribution < -0.4 is 4.90 Å². The first-order chi connectivity index (χ1) is 9.52. The average molecular weight is 267 g/mol. The molecule has 0 unspecified atom stereocenters. The second-order valence-electron chi connectivity index (χ2n) is 4.92. The number of carbonyl (C=O) groups excluding carboxylic acids is 2. The van der Waals surface area contributed by atoms with Gasteiger partial charge in [-0.1, -0.05) is 24.3 Å². The van der Waals surface area contributed by atoms with Gasteiger partial charge in [0.05, 0.1) is 0 Å². The molecule has 0 radical (unpaired) electrons. The molecule has 20 heavy (non-hydrogen) atoms. The second-order valence-corrected chi connectivity index (χ2v) is 4.92. The number of hydrogen-bond acceptors (Lipinski definition) is 3. The van der Waals surface area contributed by atoms with Crippen LogP contribution in [0.5, 0.6) is 0 Å². The van der Waals surface area contributed by atoms with E-state index in [2.05, 4.69) is 0 Å². The van der Waals surface area contributed by atoms with Crippen molar-refractivity contribution in [2.75, 3.05) is 19.0 Å². The lowest BCUT2D eigenvalue weighted by atomic mass is 9.98. The maximum atomic E-state index is 11.3. The minimum Gasteiger partial charge on any atom is -0.378 e. The molecule has 0 bridgehead atoms. The van der Waals surface area contributed by atoms with Gasteiger partial charge in [0.15, 0.2) is 12.1 Å². The Morgan fingerprint density at radius 3 is 2.20 bits per heavy atom. The van der Waals surface area contributed by atoms with E-state index in [1.165, 1.54) is 0 Å². The summed E-state index contributed by atoms with van der Waals surface area (Å²) in [6, 6.07) is 13.0. The lowest BCUT2D eigenvalue weighted by molar-refractivity contribution is 0.101. The predicted molar refractivity (Wildman–Crippen MR) is 81.6 cm³/mol. The highest BCUT2D eigenvalue weighted by molar-refractivity contribution is 5.95. The average Bonchev–Trinajstić information content (AvgIpc) is 2.46. The van der Waals surface area contributed by atoms with E-state index in [0.717, 1.165) is 23.1 Å². The number of ketones is 1. The van der Waals surface area contributed by atoms with Gasteiger partial charge in [-0.05, 0) is 36.2 Å². The van der Waals surface area contributed by atoms with Gasteiger partial charge in [0.2, 0.25) is 0 Å². The van der Waals surface area contributed by atoms with E-state index >= 15 is 0 Å². The monoisotopic (exact) mass is 267 g/mol. The zero-order valence-electron chi connectivity index (χ0n) is 11.9. The fourth-order valence-electron chi connectivity index (χ4n) is 2.06. The Kier molecular flexibility index (Phi) is 3.99. The van der Waals surface area contributed by atoms with Crippen LogP contribution in [-0.4, -0.2) is 26.2 Å². The molecule has 3 nitrogen and oxygen atoms in total. The predicted octanol–water partition coefficient (Wildman–Crippen LogP) is 3.43. The van der Waals surface area contributed by atoms with Gasteiger partial charge in [-0.2, -0.15) is 0 Å². The van der Waals surface area contributed by atoms with Gasteiger partial charge in [-0.15, -0.1) is 0 Å². The maximum absolute atomic E-state index is 11.3. The highest BCUT2D eigenvalue weighted by atomic mass is 16.1. The molecule has 0 aromatic heterocycles. The van der Waals surface area contributed by atoms with Crippen molar-refractivity contribution in [3.05, 3.63) is 53.6 Å². The molecule has 0 spiro atoms. The highest BCUT2D eigenvalue weighted by Crippen LogP contribution is 2.27. The van der Waals surface area contributed by atoms with Gasteiger partial charge in [0, 0.05) is 30.9 Å². The summed E-state index contributed by atoms with van der Waals surface area (Å²) in [7, 11) is 3.91. The zero-order valence-corrected chi connectivity index (χ0v) is 11.9. The molecular weight excluding hydrogens is 250 g/mol. The summed E-state index contributed by atoms with van der Waals surface area (Å²) >= 11 is 0. The topological polar surface area (TPSA) is 37.4 Å². The molecule has 0 atom stereocenters. The fraction of sp³-hybridized carbons (Fsp3) is 0.176. The molecule has 2 rings (SSSR count). The van der Waals surface area contributed by atoms with Crippen molar-refractivity contribution in [3.63, 3.8) is 0 Å². The van der Waals surface area contributed by atoms with Gasteiger partial charge in [0.1, 0.15) is 0 Å². The molecule has 0 N–H and O–H groups in total. The van der Waals surface area contributed by atoms with Crippen molar-refractivity contribution >= 4 is 17.8 Å². The Balaban J connectivity index is 2.52. The molecule has 0 aliphatic carbocycles. The van der Waals surface area contributed by atoms with E-state index in [1.807, 2.05) is 49.3 Å². The Labute approximate surface area is 118 Å². The maximum Gasteiger partial charge on any atom is 0.159 e. The third kappa shape index (κ3) is 2.77. The molecule has 0 heterocycles. The molecule has 2 aromatic carbocycles. The number of anilines is 1. The highest BCUT2D eigenvalue weighted by Gasteiger charge is 2.08. The number of nitrogens with zero attached hydrogens (tertiary/aromatic N) is 1. The molecule has 0 aliphatic rings. The number of hydrogen-bond donors (Lipinski definition) is 0. The number of rotatable bonds is 4. The quantitative estimate of drug-likeness (QED) is 0.629. The van der Waals surface area contributed by atoms with Gasteiger partial charge >= 0.3 is 0 Å². The standard InChI is InChI=1S/C17H17NO2/c1-12(20)13-4-6-14(7-5-13)17-10-16(18(2)3)9-8-15(17)11-19/h4-11H,1-3H3. The summed E-state index contributed by atoms with van der Waals surface area (Å²) in [4.78, 5) is 24.5. The Hall–Kier alpha value is -2.42. The van der Waals surface area contributed by atoms with Crippen molar-refractivity contribution in [1.82, 2.24) is 0 Å².